The van der Waals surface area contributed by atoms with Gasteiger partial charge in [-0.15, -0.1) is 0 Å². The molecule has 2 saturated heterocycles. The molecule has 1 amide bonds. The third kappa shape index (κ3) is 5.21. The maximum absolute atomic E-state index is 15.4. The summed E-state index contributed by atoms with van der Waals surface area (Å²) in [6.07, 6.45) is -4.32. The predicted molar refractivity (Wildman–Crippen MR) is 130 cm³/mol. The van der Waals surface area contributed by atoms with Crippen LogP contribution in [0.3, 0.4) is 0 Å². The zero-order valence-corrected chi connectivity index (χ0v) is 21.4. The van der Waals surface area contributed by atoms with Gasteiger partial charge in [-0.1, -0.05) is 5.16 Å². The molecule has 3 aromatic rings. The second-order valence-electron chi connectivity index (χ2n) is 9.02. The molecular weight excluding hydrogens is 567 g/mol. The number of alkyl halides is 3. The maximum atomic E-state index is 15.4. The lowest BCUT2D eigenvalue weighted by atomic mass is 9.97. The molecule has 0 aliphatic carbocycles. The lowest BCUT2D eigenvalue weighted by Gasteiger charge is -2.46. The summed E-state index contributed by atoms with van der Waals surface area (Å²) < 4.78 is 114. The van der Waals surface area contributed by atoms with Crippen molar-refractivity contribution in [1.82, 2.24) is 9.46 Å². The van der Waals surface area contributed by atoms with Crippen molar-refractivity contribution < 1.29 is 49.2 Å². The van der Waals surface area contributed by atoms with E-state index >= 15 is 4.39 Å². The number of hydrogen-bond donors (Lipinski definition) is 1. The third-order valence-electron chi connectivity index (χ3n) is 6.63. The number of fused-ring (bicyclic) bond motifs is 1. The Morgan fingerprint density at radius 2 is 1.85 bits per heavy atom. The van der Waals surface area contributed by atoms with Crippen LogP contribution in [-0.4, -0.2) is 62.7 Å². The number of methoxy groups -OCH3 is 1. The summed E-state index contributed by atoms with van der Waals surface area (Å²) >= 11 is 0. The monoisotopic (exact) mass is 588 g/mol. The zero-order chi connectivity index (χ0) is 28.8. The highest BCUT2D eigenvalue weighted by Crippen LogP contribution is 2.41. The number of carbonyl (C=O) groups is 1. The van der Waals surface area contributed by atoms with Gasteiger partial charge < -0.3 is 18.9 Å². The molecule has 10 nitrogen and oxygen atoms in total. The van der Waals surface area contributed by atoms with Crippen LogP contribution in [0.15, 0.2) is 47.2 Å². The van der Waals surface area contributed by atoms with E-state index in [4.69, 9.17) is 9.47 Å². The molecule has 3 heterocycles. The van der Waals surface area contributed by atoms with Crippen LogP contribution in [0.4, 0.5) is 33.5 Å². The van der Waals surface area contributed by atoms with E-state index in [1.807, 2.05) is 0 Å². The van der Waals surface area contributed by atoms with Crippen molar-refractivity contribution in [3.8, 4) is 16.9 Å². The van der Waals surface area contributed by atoms with Crippen molar-refractivity contribution in [3.63, 3.8) is 0 Å². The third-order valence-corrected chi connectivity index (χ3v) is 8.11. The Kier molecular flexibility index (Phi) is 7.18. The second-order valence-corrected chi connectivity index (χ2v) is 10.7. The highest BCUT2D eigenvalue weighted by atomic mass is 32.2. The molecule has 0 bridgehead atoms. The van der Waals surface area contributed by atoms with Crippen LogP contribution in [0.2, 0.25) is 0 Å². The molecule has 2 aliphatic rings. The van der Waals surface area contributed by atoms with Gasteiger partial charge in [-0.2, -0.15) is 25.9 Å². The van der Waals surface area contributed by atoms with Gasteiger partial charge in [0.15, 0.2) is 5.82 Å². The highest BCUT2D eigenvalue weighted by Gasteiger charge is 2.45. The molecule has 214 valence electrons. The van der Waals surface area contributed by atoms with Crippen LogP contribution in [0.1, 0.15) is 12.0 Å². The lowest BCUT2D eigenvalue weighted by Crippen LogP contribution is -2.62. The first-order valence-corrected chi connectivity index (χ1v) is 13.2. The Bertz CT molecular complexity index is 1530. The summed E-state index contributed by atoms with van der Waals surface area (Å²) in [4.78, 5) is 14.2. The number of piperidine rings is 1. The molecule has 1 N–H and O–H groups in total. The summed E-state index contributed by atoms with van der Waals surface area (Å²) in [7, 11) is -2.84. The van der Waals surface area contributed by atoms with Crippen LogP contribution in [0.25, 0.3) is 11.1 Å². The van der Waals surface area contributed by atoms with Crippen molar-refractivity contribution in [1.29, 1.82) is 0 Å². The maximum Gasteiger partial charge on any atom is 0.416 e. The molecule has 0 spiro atoms. The van der Waals surface area contributed by atoms with E-state index in [0.717, 1.165) is 16.4 Å². The van der Waals surface area contributed by atoms with Crippen molar-refractivity contribution in [3.05, 3.63) is 59.9 Å². The highest BCUT2D eigenvalue weighted by molar-refractivity contribution is 7.90. The number of nitrogens with zero attached hydrogens (tertiary/aromatic N) is 3. The van der Waals surface area contributed by atoms with E-state index in [0.29, 0.717) is 18.2 Å². The van der Waals surface area contributed by atoms with Crippen molar-refractivity contribution in [2.45, 2.75) is 24.7 Å². The van der Waals surface area contributed by atoms with E-state index in [9.17, 15) is 30.8 Å². The summed E-state index contributed by atoms with van der Waals surface area (Å²) in [5.41, 5.74) is -2.36. The standard InChI is InChI=1S/C24H21F5N4O6S/c1-37-20-9-15(14-8-13(24(27,28)29)2-3-16(14)25)17(26)10-19(20)33-18-4-6-32(11-21(18)38-12-23(33)34)40(35,36)31-22-5-7-39-30-22/h2-3,5,7-10,18,21H,4,6,11-12H2,1H3,(H,30,31)/t18-,21-/m1/s1. The number of amides is 1. The van der Waals surface area contributed by atoms with Gasteiger partial charge in [0.1, 0.15) is 30.3 Å². The molecule has 2 atom stereocenters. The van der Waals surface area contributed by atoms with Gasteiger partial charge in [-0.3, -0.25) is 9.52 Å². The smallest absolute Gasteiger partial charge is 0.416 e. The lowest BCUT2D eigenvalue weighted by molar-refractivity contribution is -0.137. The van der Waals surface area contributed by atoms with Gasteiger partial charge in [0.05, 0.1) is 30.5 Å². The van der Waals surface area contributed by atoms with Crippen molar-refractivity contribution in [2.24, 2.45) is 0 Å². The molecule has 2 aliphatic heterocycles. The fraction of sp³-hybridized carbons (Fsp3) is 0.333. The van der Waals surface area contributed by atoms with Gasteiger partial charge in [0.25, 0.3) is 5.91 Å². The average molecular weight is 589 g/mol. The summed E-state index contributed by atoms with van der Waals surface area (Å²) in [6, 6.07) is 4.11. The first-order valence-electron chi connectivity index (χ1n) is 11.8. The molecule has 40 heavy (non-hydrogen) atoms. The Morgan fingerprint density at radius 3 is 2.52 bits per heavy atom. The minimum Gasteiger partial charge on any atom is -0.495 e. The summed E-state index contributed by atoms with van der Waals surface area (Å²) in [5, 5.41) is 3.51. The Balaban J connectivity index is 1.46. The minimum atomic E-state index is -4.79. The van der Waals surface area contributed by atoms with Crippen molar-refractivity contribution in [2.75, 3.05) is 36.4 Å². The van der Waals surface area contributed by atoms with Gasteiger partial charge >= 0.3 is 16.4 Å². The molecule has 0 saturated carbocycles. The van der Waals surface area contributed by atoms with Gasteiger partial charge in [0, 0.05) is 36.3 Å². The number of ether oxygens (including phenoxy) is 2. The second kappa shape index (κ2) is 10.3. The number of rotatable bonds is 6. The normalized spacial score (nSPS) is 20.4. The number of morpholine rings is 1. The largest absolute Gasteiger partial charge is 0.495 e. The molecule has 2 fully saturated rings. The number of nitrogens with one attached hydrogen (secondary N) is 1. The van der Waals surface area contributed by atoms with Crippen molar-refractivity contribution >= 4 is 27.6 Å². The molecule has 0 unspecified atom stereocenters. The Hall–Kier alpha value is -3.76. The summed E-state index contributed by atoms with van der Waals surface area (Å²) in [5.74, 6) is -2.89. The minimum absolute atomic E-state index is 0.0269. The number of benzene rings is 2. The quantitative estimate of drug-likeness (QED) is 0.436. The first-order chi connectivity index (χ1) is 18.9. The fourth-order valence-electron chi connectivity index (χ4n) is 4.77. The van der Waals surface area contributed by atoms with Gasteiger partial charge in [0.2, 0.25) is 0 Å². The van der Waals surface area contributed by atoms with E-state index in [1.54, 1.807) is 0 Å². The number of aromatic nitrogens is 1. The molecule has 2 aromatic carbocycles. The van der Waals surface area contributed by atoms with E-state index in [2.05, 4.69) is 14.4 Å². The molecule has 1 aromatic heterocycles. The molecular formula is C24H21F5N4O6S. The summed E-state index contributed by atoms with van der Waals surface area (Å²) in [6.45, 7) is -0.652. The van der Waals surface area contributed by atoms with Gasteiger partial charge in [-0.05, 0) is 30.7 Å². The average Bonchev–Trinajstić information content (AvgIpc) is 3.40. The van der Waals surface area contributed by atoms with Crippen LogP contribution < -0.4 is 14.4 Å². The SMILES string of the molecule is COc1cc(-c2cc(C(F)(F)F)ccc2F)c(F)cc1N1C(=O)CO[C@@H]2CN(S(=O)(=O)Nc3ccon3)CC[C@H]21. The van der Waals surface area contributed by atoms with Crippen LogP contribution in [0.5, 0.6) is 5.75 Å². The fourth-order valence-corrected chi connectivity index (χ4v) is 5.96. The number of halogens is 5. The number of anilines is 2. The van der Waals surface area contributed by atoms with Crippen LogP contribution in [0, 0.1) is 11.6 Å². The molecule has 0 radical (unpaired) electrons. The molecule has 16 heteroatoms. The number of carbonyl (C=O) groups excluding carboxylic acids is 1. The zero-order valence-electron chi connectivity index (χ0n) is 20.6. The van der Waals surface area contributed by atoms with Crippen LogP contribution in [-0.2, 0) is 25.9 Å². The predicted octanol–water partition coefficient (Wildman–Crippen LogP) is 3.81. The van der Waals surface area contributed by atoms with Gasteiger partial charge in [-0.25, -0.2) is 8.78 Å². The number of hydrogen-bond acceptors (Lipinski definition) is 7. The Morgan fingerprint density at radius 1 is 1.10 bits per heavy atom. The van der Waals surface area contributed by atoms with Crippen LogP contribution >= 0.6 is 0 Å². The van der Waals surface area contributed by atoms with E-state index in [1.165, 1.54) is 24.3 Å². The van der Waals surface area contributed by atoms with E-state index < -0.39 is 69.4 Å². The topological polar surface area (TPSA) is 114 Å². The first kappa shape index (κ1) is 27.8. The molecule has 5 rings (SSSR count). The Labute approximate surface area is 224 Å². The van der Waals surface area contributed by atoms with E-state index in [-0.39, 0.29) is 36.8 Å².